The molecule has 0 radical (unpaired) electrons. The molecular weight excluding hydrogens is 302 g/mol. The lowest BCUT2D eigenvalue weighted by Crippen LogP contribution is -2.10. The van der Waals surface area contributed by atoms with Crippen LogP contribution in [0, 0.1) is 20.8 Å². The number of halogens is 1. The van der Waals surface area contributed by atoms with Gasteiger partial charge in [0.1, 0.15) is 11.3 Å². The number of imidazole rings is 1. The maximum Gasteiger partial charge on any atom is 0.160 e. The smallest absolute Gasteiger partial charge is 0.160 e. The SMILES string of the molecule is Cc1cnc2c(c1)nc(CCl)n2C(C)c1cc(C)sc1C. The highest BCUT2D eigenvalue weighted by atomic mass is 35.5. The minimum atomic E-state index is 0.184. The Morgan fingerprint density at radius 3 is 2.67 bits per heavy atom. The lowest BCUT2D eigenvalue weighted by atomic mass is 10.1. The normalized spacial score (nSPS) is 13.0. The first-order valence-corrected chi connectivity index (χ1v) is 8.32. The van der Waals surface area contributed by atoms with Crippen LogP contribution in [0.3, 0.4) is 0 Å². The van der Waals surface area contributed by atoms with Gasteiger partial charge in [0.15, 0.2) is 5.65 Å². The third-order valence-corrected chi connectivity index (χ3v) is 5.00. The highest BCUT2D eigenvalue weighted by molar-refractivity contribution is 7.12. The van der Waals surface area contributed by atoms with Crippen LogP contribution >= 0.6 is 22.9 Å². The Hall–Kier alpha value is -1.39. The average Bonchev–Trinajstić information content (AvgIpc) is 2.97. The minimum Gasteiger partial charge on any atom is -0.304 e. The van der Waals surface area contributed by atoms with E-state index in [9.17, 15) is 0 Å². The van der Waals surface area contributed by atoms with Crippen LogP contribution in [0.2, 0.25) is 0 Å². The quantitative estimate of drug-likeness (QED) is 0.651. The molecule has 0 saturated heterocycles. The molecule has 21 heavy (non-hydrogen) atoms. The van der Waals surface area contributed by atoms with Crippen LogP contribution in [0.15, 0.2) is 18.3 Å². The summed E-state index contributed by atoms with van der Waals surface area (Å²) < 4.78 is 2.16. The van der Waals surface area contributed by atoms with E-state index in [-0.39, 0.29) is 6.04 Å². The van der Waals surface area contributed by atoms with Gasteiger partial charge < -0.3 is 4.57 Å². The molecule has 0 aromatic carbocycles. The van der Waals surface area contributed by atoms with Crippen molar-refractivity contribution >= 4 is 34.1 Å². The molecule has 3 nitrogen and oxygen atoms in total. The van der Waals surface area contributed by atoms with Gasteiger partial charge in [-0.1, -0.05) is 0 Å². The minimum absolute atomic E-state index is 0.184. The van der Waals surface area contributed by atoms with Gasteiger partial charge in [-0.15, -0.1) is 22.9 Å². The molecule has 0 spiro atoms. The van der Waals surface area contributed by atoms with Crippen molar-refractivity contribution in [3.05, 3.63) is 45.0 Å². The summed E-state index contributed by atoms with van der Waals surface area (Å²) in [5.41, 5.74) is 4.27. The van der Waals surface area contributed by atoms with Crippen molar-refractivity contribution in [3.63, 3.8) is 0 Å². The molecule has 0 aliphatic rings. The molecule has 0 amide bonds. The molecule has 3 heterocycles. The fourth-order valence-electron chi connectivity index (χ4n) is 2.84. The number of nitrogens with zero attached hydrogens (tertiary/aromatic N) is 3. The average molecular weight is 320 g/mol. The van der Waals surface area contributed by atoms with Gasteiger partial charge in [0.05, 0.1) is 11.9 Å². The Kier molecular flexibility index (Phi) is 3.76. The highest BCUT2D eigenvalue weighted by Gasteiger charge is 2.20. The van der Waals surface area contributed by atoms with E-state index in [1.54, 1.807) is 0 Å². The van der Waals surface area contributed by atoms with Crippen molar-refractivity contribution in [3.8, 4) is 0 Å². The summed E-state index contributed by atoms with van der Waals surface area (Å²) in [7, 11) is 0. The van der Waals surface area contributed by atoms with Crippen molar-refractivity contribution in [1.29, 1.82) is 0 Å². The maximum absolute atomic E-state index is 6.11. The van der Waals surface area contributed by atoms with Crippen LogP contribution in [0.25, 0.3) is 11.2 Å². The molecule has 3 aromatic rings. The zero-order valence-electron chi connectivity index (χ0n) is 12.6. The van der Waals surface area contributed by atoms with Crippen molar-refractivity contribution < 1.29 is 0 Å². The molecule has 0 aliphatic carbocycles. The standard InChI is InChI=1S/C16H18ClN3S/c1-9-5-14-16(18-8-9)20(15(7-17)19-14)11(3)13-6-10(2)21-12(13)4/h5-6,8,11H,7H2,1-4H3. The number of alkyl halides is 1. The topological polar surface area (TPSA) is 30.7 Å². The Morgan fingerprint density at radius 1 is 1.29 bits per heavy atom. The third-order valence-electron chi connectivity index (χ3n) is 3.78. The van der Waals surface area contributed by atoms with Crippen LogP contribution in [-0.4, -0.2) is 14.5 Å². The van der Waals surface area contributed by atoms with E-state index in [1.165, 1.54) is 15.3 Å². The van der Waals surface area contributed by atoms with Gasteiger partial charge in [-0.05, 0) is 51.0 Å². The Labute approximate surface area is 133 Å². The molecule has 3 rings (SSSR count). The van der Waals surface area contributed by atoms with E-state index in [0.29, 0.717) is 5.88 Å². The Bertz CT molecular complexity index is 803. The zero-order valence-corrected chi connectivity index (χ0v) is 14.2. The summed E-state index contributed by atoms with van der Waals surface area (Å²) in [4.78, 5) is 11.9. The predicted octanol–water partition coefficient (Wildman–Crippen LogP) is 4.77. The second-order valence-electron chi connectivity index (χ2n) is 5.43. The Balaban J connectivity index is 2.20. The van der Waals surface area contributed by atoms with E-state index in [4.69, 9.17) is 11.6 Å². The number of thiophene rings is 1. The fraction of sp³-hybridized carbons (Fsp3) is 0.375. The van der Waals surface area contributed by atoms with Crippen LogP contribution in [-0.2, 0) is 5.88 Å². The van der Waals surface area contributed by atoms with Gasteiger partial charge in [-0.2, -0.15) is 0 Å². The molecule has 0 aliphatic heterocycles. The Morgan fingerprint density at radius 2 is 2.05 bits per heavy atom. The first-order valence-electron chi connectivity index (χ1n) is 6.97. The van der Waals surface area contributed by atoms with Gasteiger partial charge >= 0.3 is 0 Å². The van der Waals surface area contributed by atoms with E-state index in [1.807, 2.05) is 24.5 Å². The molecule has 0 N–H and O–H groups in total. The molecule has 1 atom stereocenters. The summed E-state index contributed by atoms with van der Waals surface area (Å²) in [6, 6.07) is 4.50. The van der Waals surface area contributed by atoms with Crippen LogP contribution in [0.1, 0.15) is 39.7 Å². The van der Waals surface area contributed by atoms with Crippen LogP contribution in [0.5, 0.6) is 0 Å². The number of rotatable bonds is 3. The third kappa shape index (κ3) is 2.47. The summed E-state index contributed by atoms with van der Waals surface area (Å²) >= 11 is 7.94. The first-order chi connectivity index (χ1) is 10.0. The number of aryl methyl sites for hydroxylation is 3. The number of aromatic nitrogens is 3. The van der Waals surface area contributed by atoms with Crippen LogP contribution in [0.4, 0.5) is 0 Å². The molecule has 3 aromatic heterocycles. The summed E-state index contributed by atoms with van der Waals surface area (Å²) in [5, 5.41) is 0. The van der Waals surface area contributed by atoms with Crippen molar-refractivity contribution in [2.45, 2.75) is 39.6 Å². The van der Waals surface area contributed by atoms with E-state index >= 15 is 0 Å². The largest absolute Gasteiger partial charge is 0.304 e. The number of pyridine rings is 1. The fourth-order valence-corrected chi connectivity index (χ4v) is 4.04. The van der Waals surface area contributed by atoms with Gasteiger partial charge in [0.25, 0.3) is 0 Å². The van der Waals surface area contributed by atoms with E-state index < -0.39 is 0 Å². The molecule has 0 bridgehead atoms. The van der Waals surface area contributed by atoms with Gasteiger partial charge in [0.2, 0.25) is 0 Å². The van der Waals surface area contributed by atoms with Crippen molar-refractivity contribution in [2.75, 3.05) is 0 Å². The number of fused-ring (bicyclic) bond motifs is 1. The lowest BCUT2D eigenvalue weighted by Gasteiger charge is -2.16. The second kappa shape index (κ2) is 5.43. The lowest BCUT2D eigenvalue weighted by molar-refractivity contribution is 0.628. The first kappa shape index (κ1) is 14.5. The van der Waals surface area contributed by atoms with Gasteiger partial charge in [-0.25, -0.2) is 9.97 Å². The van der Waals surface area contributed by atoms with Crippen LogP contribution < -0.4 is 0 Å². The van der Waals surface area contributed by atoms with E-state index in [2.05, 4.69) is 47.4 Å². The second-order valence-corrected chi connectivity index (χ2v) is 7.16. The summed E-state index contributed by atoms with van der Waals surface area (Å²) in [5.74, 6) is 1.27. The monoisotopic (exact) mass is 319 g/mol. The molecular formula is C16H18ClN3S. The molecule has 1 unspecified atom stereocenters. The van der Waals surface area contributed by atoms with Crippen molar-refractivity contribution in [1.82, 2.24) is 14.5 Å². The molecule has 5 heteroatoms. The van der Waals surface area contributed by atoms with Gasteiger partial charge in [0, 0.05) is 16.0 Å². The molecule has 0 fully saturated rings. The number of hydrogen-bond acceptors (Lipinski definition) is 3. The predicted molar refractivity (Wildman–Crippen MR) is 89.4 cm³/mol. The summed E-state index contributed by atoms with van der Waals surface area (Å²) in [6.45, 7) is 8.53. The highest BCUT2D eigenvalue weighted by Crippen LogP contribution is 2.32. The van der Waals surface area contributed by atoms with Crippen molar-refractivity contribution in [2.24, 2.45) is 0 Å². The summed E-state index contributed by atoms with van der Waals surface area (Å²) in [6.07, 6.45) is 1.89. The maximum atomic E-state index is 6.11. The van der Waals surface area contributed by atoms with E-state index in [0.717, 1.165) is 22.6 Å². The van der Waals surface area contributed by atoms with Gasteiger partial charge in [-0.3, -0.25) is 0 Å². The zero-order chi connectivity index (χ0) is 15.1. The molecule has 0 saturated carbocycles. The number of hydrogen-bond donors (Lipinski definition) is 0. The molecule has 110 valence electrons.